The summed E-state index contributed by atoms with van der Waals surface area (Å²) in [6.07, 6.45) is 0. The molecule has 0 saturated carbocycles. The van der Waals surface area contributed by atoms with Crippen LogP contribution < -0.4 is 10.6 Å². The third-order valence-electron chi connectivity index (χ3n) is 3.99. The lowest BCUT2D eigenvalue weighted by Crippen LogP contribution is -2.42. The molecule has 2 amide bonds. The Balaban J connectivity index is 2.18. The molecule has 0 spiro atoms. The molecule has 0 atom stereocenters. The maximum atomic E-state index is 12.7. The van der Waals surface area contributed by atoms with Crippen LogP contribution in [0.15, 0.2) is 34.9 Å². The minimum absolute atomic E-state index is 0.130. The quantitative estimate of drug-likeness (QED) is 0.825. The molecule has 1 heterocycles. The molecule has 0 unspecified atom stereocenters. The van der Waals surface area contributed by atoms with Crippen LogP contribution in [0.2, 0.25) is 0 Å². The van der Waals surface area contributed by atoms with Gasteiger partial charge < -0.3 is 15.2 Å². The first kappa shape index (κ1) is 18.7. The van der Waals surface area contributed by atoms with Crippen LogP contribution in [-0.2, 0) is 15.0 Å². The number of rotatable bonds is 4. The molecule has 134 valence electrons. The SMILES string of the molecule is Cc1cc(NC(=O)C(C)(C)C(=O)Nc2ccccc2C(C)(C)C)no1. The number of carbonyl (C=O) groups excluding carboxylic acids is 2. The van der Waals surface area contributed by atoms with Gasteiger partial charge in [0.25, 0.3) is 0 Å². The van der Waals surface area contributed by atoms with Gasteiger partial charge in [-0.3, -0.25) is 9.59 Å². The minimum atomic E-state index is -1.28. The molecule has 0 saturated heterocycles. The van der Waals surface area contributed by atoms with Crippen LogP contribution in [0.5, 0.6) is 0 Å². The summed E-state index contributed by atoms with van der Waals surface area (Å²) < 4.78 is 4.92. The van der Waals surface area contributed by atoms with Crippen molar-refractivity contribution in [3.8, 4) is 0 Å². The summed E-state index contributed by atoms with van der Waals surface area (Å²) in [5.74, 6) is 0.0311. The average molecular weight is 343 g/mol. The van der Waals surface area contributed by atoms with Crippen molar-refractivity contribution >= 4 is 23.3 Å². The first-order valence-corrected chi connectivity index (χ1v) is 8.17. The highest BCUT2D eigenvalue weighted by Crippen LogP contribution is 2.30. The van der Waals surface area contributed by atoms with Crippen LogP contribution in [-0.4, -0.2) is 17.0 Å². The number of para-hydroxylation sites is 1. The van der Waals surface area contributed by atoms with Gasteiger partial charge in [0.2, 0.25) is 11.8 Å². The van der Waals surface area contributed by atoms with Crippen LogP contribution in [0.25, 0.3) is 0 Å². The Hall–Kier alpha value is -2.63. The van der Waals surface area contributed by atoms with Gasteiger partial charge in [-0.25, -0.2) is 0 Å². The lowest BCUT2D eigenvalue weighted by molar-refractivity contribution is -0.135. The number of carbonyl (C=O) groups is 2. The van der Waals surface area contributed by atoms with E-state index in [1.807, 2.05) is 24.3 Å². The number of amides is 2. The molecule has 6 heteroatoms. The van der Waals surface area contributed by atoms with Gasteiger partial charge >= 0.3 is 0 Å². The molecule has 2 rings (SSSR count). The van der Waals surface area contributed by atoms with Gasteiger partial charge in [0, 0.05) is 11.8 Å². The van der Waals surface area contributed by atoms with Gasteiger partial charge in [-0.1, -0.05) is 44.1 Å². The third kappa shape index (κ3) is 4.26. The van der Waals surface area contributed by atoms with Crippen molar-refractivity contribution in [3.05, 3.63) is 41.7 Å². The largest absolute Gasteiger partial charge is 0.360 e. The van der Waals surface area contributed by atoms with Crippen molar-refractivity contribution in [3.63, 3.8) is 0 Å². The van der Waals surface area contributed by atoms with E-state index >= 15 is 0 Å². The van der Waals surface area contributed by atoms with Crippen molar-refractivity contribution in [1.82, 2.24) is 5.16 Å². The molecule has 0 radical (unpaired) electrons. The molecule has 25 heavy (non-hydrogen) atoms. The summed E-state index contributed by atoms with van der Waals surface area (Å²) in [6, 6.07) is 9.20. The summed E-state index contributed by atoms with van der Waals surface area (Å²) in [5, 5.41) is 9.22. The van der Waals surface area contributed by atoms with E-state index in [4.69, 9.17) is 4.52 Å². The topological polar surface area (TPSA) is 84.2 Å². The highest BCUT2D eigenvalue weighted by atomic mass is 16.5. The number of aryl methyl sites for hydroxylation is 1. The highest BCUT2D eigenvalue weighted by Gasteiger charge is 2.37. The number of hydrogen-bond donors (Lipinski definition) is 2. The Bertz CT molecular complexity index is 785. The Kier molecular flexibility index (Phi) is 5.02. The zero-order chi connectivity index (χ0) is 18.8. The fourth-order valence-corrected chi connectivity index (χ4v) is 2.33. The summed E-state index contributed by atoms with van der Waals surface area (Å²) >= 11 is 0. The molecule has 1 aromatic heterocycles. The fraction of sp³-hybridized carbons (Fsp3) is 0.421. The molecule has 0 bridgehead atoms. The zero-order valence-electron chi connectivity index (χ0n) is 15.6. The van der Waals surface area contributed by atoms with Crippen LogP contribution in [0, 0.1) is 12.3 Å². The second kappa shape index (κ2) is 6.70. The first-order valence-electron chi connectivity index (χ1n) is 8.17. The van der Waals surface area contributed by atoms with Crippen LogP contribution in [0.3, 0.4) is 0 Å². The molecular formula is C19H25N3O3. The Morgan fingerprint density at radius 3 is 2.16 bits per heavy atom. The van der Waals surface area contributed by atoms with Crippen molar-refractivity contribution in [1.29, 1.82) is 0 Å². The number of nitrogens with zero attached hydrogens (tertiary/aromatic N) is 1. The van der Waals surface area contributed by atoms with Crippen molar-refractivity contribution in [2.45, 2.75) is 47.0 Å². The summed E-state index contributed by atoms with van der Waals surface area (Å²) in [7, 11) is 0. The number of aromatic nitrogens is 1. The summed E-state index contributed by atoms with van der Waals surface area (Å²) in [4.78, 5) is 25.2. The van der Waals surface area contributed by atoms with E-state index < -0.39 is 11.3 Å². The van der Waals surface area contributed by atoms with Crippen molar-refractivity contribution in [2.75, 3.05) is 10.6 Å². The van der Waals surface area contributed by atoms with E-state index in [1.165, 1.54) is 0 Å². The highest BCUT2D eigenvalue weighted by molar-refractivity contribution is 6.13. The maximum Gasteiger partial charge on any atom is 0.240 e. The number of nitrogens with one attached hydrogen (secondary N) is 2. The lowest BCUT2D eigenvalue weighted by atomic mass is 9.85. The van der Waals surface area contributed by atoms with E-state index in [2.05, 4.69) is 36.6 Å². The van der Waals surface area contributed by atoms with E-state index in [0.29, 0.717) is 17.3 Å². The van der Waals surface area contributed by atoms with E-state index in [0.717, 1.165) is 5.56 Å². The van der Waals surface area contributed by atoms with Crippen LogP contribution in [0.4, 0.5) is 11.5 Å². The predicted molar refractivity (Wildman–Crippen MR) is 97.4 cm³/mol. The van der Waals surface area contributed by atoms with Crippen LogP contribution >= 0.6 is 0 Å². The van der Waals surface area contributed by atoms with Gasteiger partial charge in [0.05, 0.1) is 0 Å². The molecule has 1 aromatic carbocycles. The number of benzene rings is 1. The number of anilines is 2. The summed E-state index contributed by atoms with van der Waals surface area (Å²) in [6.45, 7) is 11.1. The molecule has 0 aliphatic rings. The molecule has 0 aliphatic heterocycles. The Labute approximate surface area is 148 Å². The molecular weight excluding hydrogens is 318 g/mol. The van der Waals surface area contributed by atoms with Crippen molar-refractivity contribution < 1.29 is 14.1 Å². The third-order valence-corrected chi connectivity index (χ3v) is 3.99. The molecule has 6 nitrogen and oxygen atoms in total. The van der Waals surface area contributed by atoms with E-state index in [-0.39, 0.29) is 11.3 Å². The molecule has 2 N–H and O–H groups in total. The number of hydrogen-bond acceptors (Lipinski definition) is 4. The first-order chi connectivity index (χ1) is 11.5. The van der Waals surface area contributed by atoms with Gasteiger partial charge in [-0.05, 0) is 37.8 Å². The van der Waals surface area contributed by atoms with Crippen molar-refractivity contribution in [2.24, 2.45) is 5.41 Å². The summed E-state index contributed by atoms with van der Waals surface area (Å²) in [5.41, 5.74) is 0.302. The predicted octanol–water partition coefficient (Wildman–Crippen LogP) is 3.88. The molecule has 0 fully saturated rings. The molecule has 0 aliphatic carbocycles. The smallest absolute Gasteiger partial charge is 0.240 e. The molecule has 2 aromatic rings. The second-order valence-electron chi connectivity index (χ2n) is 7.65. The van der Waals surface area contributed by atoms with Gasteiger partial charge in [0.1, 0.15) is 11.2 Å². The maximum absolute atomic E-state index is 12.7. The fourth-order valence-electron chi connectivity index (χ4n) is 2.33. The zero-order valence-corrected chi connectivity index (χ0v) is 15.6. The second-order valence-corrected chi connectivity index (χ2v) is 7.65. The Morgan fingerprint density at radius 2 is 1.60 bits per heavy atom. The van der Waals surface area contributed by atoms with E-state index in [1.54, 1.807) is 26.8 Å². The normalized spacial score (nSPS) is 11.9. The van der Waals surface area contributed by atoms with Gasteiger partial charge in [-0.15, -0.1) is 0 Å². The van der Waals surface area contributed by atoms with Gasteiger partial charge in [0.15, 0.2) is 5.82 Å². The van der Waals surface area contributed by atoms with E-state index in [9.17, 15) is 9.59 Å². The lowest BCUT2D eigenvalue weighted by Gasteiger charge is -2.26. The standard InChI is InChI=1S/C19H25N3O3/c1-12-11-15(22-25-12)21-17(24)19(5,6)16(23)20-14-10-8-7-9-13(14)18(2,3)4/h7-11H,1-6H3,(H,20,23)(H,21,22,24). The Morgan fingerprint density at radius 1 is 1.00 bits per heavy atom. The minimum Gasteiger partial charge on any atom is -0.360 e. The van der Waals surface area contributed by atoms with Crippen LogP contribution in [0.1, 0.15) is 45.9 Å². The average Bonchev–Trinajstić information content (AvgIpc) is 2.91. The monoisotopic (exact) mass is 343 g/mol. The van der Waals surface area contributed by atoms with Gasteiger partial charge in [-0.2, -0.15) is 0 Å².